The third-order valence-electron chi connectivity index (χ3n) is 6.05. The van der Waals surface area contributed by atoms with Crippen LogP contribution in [0.3, 0.4) is 0 Å². The van der Waals surface area contributed by atoms with Crippen molar-refractivity contribution in [2.45, 2.75) is 37.6 Å². The fourth-order valence-corrected chi connectivity index (χ4v) is 5.31. The summed E-state index contributed by atoms with van der Waals surface area (Å²) in [4.78, 5) is 4.31. The number of hydrogen-bond donors (Lipinski definition) is 1. The van der Waals surface area contributed by atoms with E-state index in [4.69, 9.17) is 10.5 Å². The Kier molecular flexibility index (Phi) is 2.44. The molecule has 2 N–H and O–H groups in total. The average molecular weight is 258 g/mol. The molecule has 1 aromatic rings. The second-order valence-electron chi connectivity index (χ2n) is 6.72. The van der Waals surface area contributed by atoms with Crippen molar-refractivity contribution in [2.24, 2.45) is 29.4 Å². The summed E-state index contributed by atoms with van der Waals surface area (Å²) in [5.74, 6) is 4.19. The lowest BCUT2D eigenvalue weighted by molar-refractivity contribution is 0.156. The van der Waals surface area contributed by atoms with Gasteiger partial charge in [0.15, 0.2) is 0 Å². The largest absolute Gasteiger partial charge is 0.495 e. The van der Waals surface area contributed by atoms with Crippen LogP contribution in [0.25, 0.3) is 0 Å². The van der Waals surface area contributed by atoms with Gasteiger partial charge in [-0.05, 0) is 61.0 Å². The van der Waals surface area contributed by atoms with E-state index in [0.29, 0.717) is 5.92 Å². The molecular formula is C16H22N2O. The van der Waals surface area contributed by atoms with Crippen molar-refractivity contribution < 1.29 is 4.74 Å². The molecule has 19 heavy (non-hydrogen) atoms. The molecule has 0 aromatic carbocycles. The van der Waals surface area contributed by atoms with Crippen molar-refractivity contribution in [3.63, 3.8) is 0 Å². The van der Waals surface area contributed by atoms with Gasteiger partial charge in [0.1, 0.15) is 5.75 Å². The maximum atomic E-state index is 6.85. The molecule has 0 radical (unpaired) electrons. The first-order chi connectivity index (χ1) is 9.22. The summed E-state index contributed by atoms with van der Waals surface area (Å²) in [6.45, 7) is 0. The van der Waals surface area contributed by atoms with Gasteiger partial charge in [0.2, 0.25) is 0 Å². The molecule has 3 aliphatic rings. The van der Waals surface area contributed by atoms with Crippen molar-refractivity contribution in [1.29, 1.82) is 0 Å². The van der Waals surface area contributed by atoms with E-state index in [1.165, 1.54) is 31.2 Å². The van der Waals surface area contributed by atoms with Crippen LogP contribution in [0.1, 0.15) is 37.7 Å². The second-order valence-corrected chi connectivity index (χ2v) is 6.72. The molecule has 2 bridgehead atoms. The summed E-state index contributed by atoms with van der Waals surface area (Å²) in [6.07, 6.45) is 10.4. The summed E-state index contributed by atoms with van der Waals surface area (Å²) >= 11 is 0. The minimum absolute atomic E-state index is 0.155. The Hall–Kier alpha value is -1.09. The van der Waals surface area contributed by atoms with E-state index in [0.717, 1.165) is 29.9 Å². The van der Waals surface area contributed by atoms with E-state index in [2.05, 4.69) is 11.1 Å². The average Bonchev–Trinajstić information content (AvgIpc) is 3.10. The zero-order valence-corrected chi connectivity index (χ0v) is 11.5. The number of aromatic nitrogens is 1. The van der Waals surface area contributed by atoms with E-state index in [1.54, 1.807) is 13.3 Å². The van der Waals surface area contributed by atoms with Gasteiger partial charge in [-0.15, -0.1) is 0 Å². The summed E-state index contributed by atoms with van der Waals surface area (Å²) in [5, 5.41) is 0. The molecule has 0 spiro atoms. The molecule has 3 saturated carbocycles. The number of nitrogens with zero attached hydrogens (tertiary/aromatic N) is 1. The number of methoxy groups -OCH3 is 1. The number of rotatable bonds is 2. The van der Waals surface area contributed by atoms with E-state index in [-0.39, 0.29) is 5.54 Å². The minimum Gasteiger partial charge on any atom is -0.495 e. The second kappa shape index (κ2) is 3.95. The van der Waals surface area contributed by atoms with Crippen molar-refractivity contribution in [3.8, 4) is 5.75 Å². The van der Waals surface area contributed by atoms with Gasteiger partial charge in [-0.25, -0.2) is 0 Å². The predicted octanol–water partition coefficient (Wildman–Crippen LogP) is 2.70. The van der Waals surface area contributed by atoms with Crippen LogP contribution in [0.15, 0.2) is 18.5 Å². The Balaban J connectivity index is 1.71. The van der Waals surface area contributed by atoms with Crippen molar-refractivity contribution in [1.82, 2.24) is 4.98 Å². The van der Waals surface area contributed by atoms with E-state index in [9.17, 15) is 0 Å². The van der Waals surface area contributed by atoms with Crippen molar-refractivity contribution in [3.05, 3.63) is 24.0 Å². The van der Waals surface area contributed by atoms with Gasteiger partial charge in [-0.3, -0.25) is 4.98 Å². The highest BCUT2D eigenvalue weighted by Crippen LogP contribution is 2.64. The Morgan fingerprint density at radius 3 is 3.00 bits per heavy atom. The number of ether oxygens (including phenoxy) is 1. The van der Waals surface area contributed by atoms with Gasteiger partial charge >= 0.3 is 0 Å². The first-order valence-electron chi connectivity index (χ1n) is 7.51. The van der Waals surface area contributed by atoms with Gasteiger partial charge < -0.3 is 10.5 Å². The number of fused-ring (bicyclic) bond motifs is 5. The summed E-state index contributed by atoms with van der Waals surface area (Å²) in [7, 11) is 1.69. The topological polar surface area (TPSA) is 48.1 Å². The molecule has 0 aliphatic heterocycles. The number of nitrogens with two attached hydrogens (primary N) is 1. The molecular weight excluding hydrogens is 236 g/mol. The molecule has 3 fully saturated rings. The first-order valence-corrected chi connectivity index (χ1v) is 7.51. The highest BCUT2D eigenvalue weighted by molar-refractivity contribution is 5.33. The standard InChI is InChI=1S/C16H22N2O/c1-19-12-6-11(8-18-9-12)16(17)7-10-5-15(16)14-4-2-3-13(10)14/h6,8-10,13-15H,2-5,7,17H2,1H3. The lowest BCUT2D eigenvalue weighted by Crippen LogP contribution is -2.46. The van der Waals surface area contributed by atoms with Gasteiger partial charge in [-0.1, -0.05) is 6.42 Å². The number of pyridine rings is 1. The summed E-state index contributed by atoms with van der Waals surface area (Å²) in [5.41, 5.74) is 7.88. The molecule has 3 heteroatoms. The molecule has 1 aromatic heterocycles. The van der Waals surface area contributed by atoms with Crippen LogP contribution in [0.2, 0.25) is 0 Å². The first kappa shape index (κ1) is 11.7. The highest BCUT2D eigenvalue weighted by Gasteiger charge is 2.59. The van der Waals surface area contributed by atoms with Crippen molar-refractivity contribution >= 4 is 0 Å². The Morgan fingerprint density at radius 1 is 1.32 bits per heavy atom. The fourth-order valence-electron chi connectivity index (χ4n) is 5.31. The Morgan fingerprint density at radius 2 is 2.16 bits per heavy atom. The third kappa shape index (κ3) is 1.51. The predicted molar refractivity (Wildman–Crippen MR) is 73.7 cm³/mol. The molecule has 0 saturated heterocycles. The minimum atomic E-state index is -0.155. The Bertz CT molecular complexity index is 503. The van der Waals surface area contributed by atoms with Crippen molar-refractivity contribution in [2.75, 3.05) is 7.11 Å². The molecule has 5 unspecified atom stereocenters. The monoisotopic (exact) mass is 258 g/mol. The molecule has 102 valence electrons. The van der Waals surface area contributed by atoms with Crippen LogP contribution < -0.4 is 10.5 Å². The van der Waals surface area contributed by atoms with E-state index < -0.39 is 0 Å². The zero-order valence-electron chi connectivity index (χ0n) is 11.5. The van der Waals surface area contributed by atoms with Crippen LogP contribution in [0, 0.1) is 23.7 Å². The lowest BCUT2D eigenvalue weighted by Gasteiger charge is -2.40. The summed E-state index contributed by atoms with van der Waals surface area (Å²) < 4.78 is 5.31. The maximum absolute atomic E-state index is 6.85. The third-order valence-corrected chi connectivity index (χ3v) is 6.05. The molecule has 3 nitrogen and oxygen atoms in total. The van der Waals surface area contributed by atoms with Crippen LogP contribution in [-0.2, 0) is 5.54 Å². The molecule has 4 rings (SSSR count). The Labute approximate surface area is 114 Å². The smallest absolute Gasteiger partial charge is 0.137 e. The zero-order chi connectivity index (χ0) is 13.0. The van der Waals surface area contributed by atoms with E-state index >= 15 is 0 Å². The maximum Gasteiger partial charge on any atom is 0.137 e. The lowest BCUT2D eigenvalue weighted by atomic mass is 9.69. The SMILES string of the molecule is COc1cncc(C2(N)CC3CC2C2CCCC32)c1. The van der Waals surface area contributed by atoms with Crippen LogP contribution in [0.4, 0.5) is 0 Å². The fraction of sp³-hybridized carbons (Fsp3) is 0.688. The number of hydrogen-bond acceptors (Lipinski definition) is 3. The van der Waals surface area contributed by atoms with Gasteiger partial charge in [0, 0.05) is 11.7 Å². The van der Waals surface area contributed by atoms with Crippen LogP contribution in [0.5, 0.6) is 5.75 Å². The molecule has 0 amide bonds. The molecule has 5 atom stereocenters. The van der Waals surface area contributed by atoms with Gasteiger partial charge in [0.05, 0.1) is 13.3 Å². The van der Waals surface area contributed by atoms with Gasteiger partial charge in [0.25, 0.3) is 0 Å². The van der Waals surface area contributed by atoms with Crippen LogP contribution >= 0.6 is 0 Å². The van der Waals surface area contributed by atoms with Gasteiger partial charge in [-0.2, -0.15) is 0 Å². The quantitative estimate of drug-likeness (QED) is 0.887. The highest BCUT2D eigenvalue weighted by atomic mass is 16.5. The summed E-state index contributed by atoms with van der Waals surface area (Å²) in [6, 6.07) is 2.09. The molecule has 1 heterocycles. The normalized spacial score (nSPS) is 43.5. The van der Waals surface area contributed by atoms with E-state index in [1.807, 2.05) is 6.20 Å². The molecule has 3 aliphatic carbocycles. The van der Waals surface area contributed by atoms with Crippen LogP contribution in [-0.4, -0.2) is 12.1 Å².